The number of likely N-dealkylation sites (tertiary alicyclic amines) is 1. The molecule has 3 rings (SSSR count). The number of ether oxygens (including phenoxy) is 1. The Labute approximate surface area is 144 Å². The maximum atomic E-state index is 5.84. The normalized spacial score (nSPS) is 28.3. The summed E-state index contributed by atoms with van der Waals surface area (Å²) >= 11 is 1.77. The van der Waals surface area contributed by atoms with Crippen LogP contribution >= 0.6 is 11.3 Å². The Morgan fingerprint density at radius 3 is 2.48 bits per heavy atom. The molecule has 2 saturated heterocycles. The molecule has 2 atom stereocenters. The molecule has 130 valence electrons. The Kier molecular flexibility index (Phi) is 6.07. The van der Waals surface area contributed by atoms with Crippen LogP contribution in [0, 0.1) is 12.8 Å². The third-order valence-corrected chi connectivity index (χ3v) is 5.89. The lowest BCUT2D eigenvalue weighted by atomic mass is 9.95. The lowest BCUT2D eigenvalue weighted by molar-refractivity contribution is -0.0731. The summed E-state index contributed by atoms with van der Waals surface area (Å²) in [4.78, 5) is 9.82. The molecule has 0 aliphatic carbocycles. The van der Waals surface area contributed by atoms with E-state index in [0.29, 0.717) is 12.2 Å². The minimum atomic E-state index is 0.389. The molecular weight excluding hydrogens is 306 g/mol. The van der Waals surface area contributed by atoms with Gasteiger partial charge in [0.15, 0.2) is 0 Å². The highest BCUT2D eigenvalue weighted by Gasteiger charge is 2.26. The number of aromatic nitrogens is 1. The highest BCUT2D eigenvalue weighted by atomic mass is 32.1. The fraction of sp³-hybridized carbons (Fsp3) is 0.833. The average Bonchev–Trinajstić information content (AvgIpc) is 2.91. The average molecular weight is 338 g/mol. The first-order chi connectivity index (χ1) is 11.1. The molecule has 1 aromatic rings. The zero-order valence-corrected chi connectivity index (χ0v) is 15.6. The fourth-order valence-electron chi connectivity index (χ4n) is 3.99. The summed E-state index contributed by atoms with van der Waals surface area (Å²) in [6.07, 6.45) is 4.57. The van der Waals surface area contributed by atoms with E-state index in [9.17, 15) is 0 Å². The molecule has 0 amide bonds. The molecule has 1 aromatic heterocycles. The Balaban J connectivity index is 1.36. The van der Waals surface area contributed by atoms with Crippen LogP contribution in [-0.4, -0.2) is 66.3 Å². The summed E-state index contributed by atoms with van der Waals surface area (Å²) in [6, 6.07) is 0. The van der Waals surface area contributed by atoms with E-state index in [-0.39, 0.29) is 0 Å². The van der Waals surface area contributed by atoms with Crippen molar-refractivity contribution in [1.82, 2.24) is 14.8 Å². The van der Waals surface area contributed by atoms with Crippen LogP contribution in [0.5, 0.6) is 0 Å². The summed E-state index contributed by atoms with van der Waals surface area (Å²) in [7, 11) is 0. The second-order valence-corrected chi connectivity index (χ2v) is 8.43. The van der Waals surface area contributed by atoms with E-state index in [1.807, 2.05) is 0 Å². The Morgan fingerprint density at radius 2 is 1.87 bits per heavy atom. The number of hydrogen-bond acceptors (Lipinski definition) is 5. The van der Waals surface area contributed by atoms with Gasteiger partial charge in [-0.15, -0.1) is 11.3 Å². The van der Waals surface area contributed by atoms with Gasteiger partial charge in [-0.1, -0.05) is 0 Å². The predicted octanol–water partition coefficient (Wildman–Crippen LogP) is 2.82. The number of piperidine rings is 1. The monoisotopic (exact) mass is 337 g/mol. The molecule has 2 fully saturated rings. The highest BCUT2D eigenvalue weighted by molar-refractivity contribution is 7.09. The number of thiazole rings is 1. The number of rotatable bonds is 5. The third kappa shape index (κ3) is 5.24. The van der Waals surface area contributed by atoms with Crippen molar-refractivity contribution in [2.75, 3.05) is 39.3 Å². The van der Waals surface area contributed by atoms with Gasteiger partial charge in [-0.2, -0.15) is 0 Å². The van der Waals surface area contributed by atoms with Crippen molar-refractivity contribution in [2.24, 2.45) is 5.92 Å². The van der Waals surface area contributed by atoms with Gasteiger partial charge in [0.25, 0.3) is 0 Å². The minimum Gasteiger partial charge on any atom is -0.373 e. The Hall–Kier alpha value is -0.490. The van der Waals surface area contributed by atoms with Crippen molar-refractivity contribution in [3.05, 3.63) is 16.1 Å². The predicted molar refractivity (Wildman–Crippen MR) is 96.2 cm³/mol. The third-order valence-electron chi connectivity index (χ3n) is 5.07. The van der Waals surface area contributed by atoms with Crippen LogP contribution in [0.15, 0.2) is 5.38 Å². The quantitative estimate of drug-likeness (QED) is 0.826. The lowest BCUT2D eigenvalue weighted by Crippen LogP contribution is -2.48. The van der Waals surface area contributed by atoms with Gasteiger partial charge in [0, 0.05) is 38.0 Å². The van der Waals surface area contributed by atoms with Gasteiger partial charge in [-0.05, 0) is 52.6 Å². The first kappa shape index (κ1) is 17.3. The van der Waals surface area contributed by atoms with E-state index < -0.39 is 0 Å². The maximum Gasteiger partial charge on any atom is 0.0897 e. The molecular formula is C18H31N3OS. The largest absolute Gasteiger partial charge is 0.373 e. The van der Waals surface area contributed by atoms with Gasteiger partial charge in [-0.3, -0.25) is 4.90 Å². The van der Waals surface area contributed by atoms with Crippen molar-refractivity contribution in [2.45, 2.75) is 52.2 Å². The van der Waals surface area contributed by atoms with Crippen LogP contribution in [0.1, 0.15) is 37.4 Å². The van der Waals surface area contributed by atoms with Crippen LogP contribution in [-0.2, 0) is 11.2 Å². The number of morpholine rings is 1. The first-order valence-corrected chi connectivity index (χ1v) is 9.97. The number of hydrogen-bond donors (Lipinski definition) is 0. The van der Waals surface area contributed by atoms with Crippen LogP contribution in [0.25, 0.3) is 0 Å². The van der Waals surface area contributed by atoms with Gasteiger partial charge < -0.3 is 9.64 Å². The van der Waals surface area contributed by atoms with Gasteiger partial charge in [0.2, 0.25) is 0 Å². The van der Waals surface area contributed by atoms with Crippen molar-refractivity contribution in [3.63, 3.8) is 0 Å². The van der Waals surface area contributed by atoms with Crippen molar-refractivity contribution >= 4 is 11.3 Å². The molecule has 3 heterocycles. The number of nitrogens with zero attached hydrogens (tertiary/aromatic N) is 3. The van der Waals surface area contributed by atoms with Crippen molar-refractivity contribution in [1.29, 1.82) is 0 Å². The van der Waals surface area contributed by atoms with Gasteiger partial charge in [-0.25, -0.2) is 4.98 Å². The highest BCUT2D eigenvalue weighted by Crippen LogP contribution is 2.21. The molecule has 5 heteroatoms. The molecule has 0 spiro atoms. The second kappa shape index (κ2) is 8.06. The topological polar surface area (TPSA) is 28.6 Å². The van der Waals surface area contributed by atoms with E-state index in [0.717, 1.165) is 25.4 Å². The zero-order chi connectivity index (χ0) is 16.2. The lowest BCUT2D eigenvalue weighted by Gasteiger charge is -2.39. The number of aryl methyl sites for hydroxylation is 1. The fourth-order valence-corrected chi connectivity index (χ4v) is 4.63. The Bertz CT molecular complexity index is 474. The van der Waals surface area contributed by atoms with Gasteiger partial charge in [0.1, 0.15) is 0 Å². The van der Waals surface area contributed by atoms with Crippen LogP contribution in [0.2, 0.25) is 0 Å². The molecule has 23 heavy (non-hydrogen) atoms. The van der Waals surface area contributed by atoms with E-state index in [1.165, 1.54) is 49.7 Å². The molecule has 0 bridgehead atoms. The van der Waals surface area contributed by atoms with E-state index in [4.69, 9.17) is 4.74 Å². The van der Waals surface area contributed by atoms with Crippen molar-refractivity contribution < 1.29 is 4.74 Å². The summed E-state index contributed by atoms with van der Waals surface area (Å²) in [5.41, 5.74) is 1.27. The maximum absolute atomic E-state index is 5.84. The van der Waals surface area contributed by atoms with Crippen LogP contribution in [0.4, 0.5) is 0 Å². The SMILES string of the molecule is Cc1nc(CCN2CCC(CN3CC(C)OC(C)C3)CC2)cs1. The molecule has 0 aromatic carbocycles. The molecule has 4 nitrogen and oxygen atoms in total. The molecule has 0 N–H and O–H groups in total. The zero-order valence-electron chi connectivity index (χ0n) is 14.8. The first-order valence-electron chi connectivity index (χ1n) is 9.09. The molecule has 2 aliphatic rings. The van der Waals surface area contributed by atoms with Crippen LogP contribution in [0.3, 0.4) is 0 Å². The van der Waals surface area contributed by atoms with E-state index >= 15 is 0 Å². The summed E-state index contributed by atoms with van der Waals surface area (Å²) in [6.45, 7) is 13.6. The van der Waals surface area contributed by atoms with E-state index in [2.05, 4.69) is 40.9 Å². The summed E-state index contributed by atoms with van der Waals surface area (Å²) in [5.74, 6) is 0.866. The molecule has 2 unspecified atom stereocenters. The standard InChI is InChI=1S/C18H31N3OS/c1-14-10-21(11-15(2)22-14)12-17-4-7-20(8-5-17)9-6-18-13-23-16(3)19-18/h13-15,17H,4-12H2,1-3H3. The Morgan fingerprint density at radius 1 is 1.17 bits per heavy atom. The van der Waals surface area contributed by atoms with Gasteiger partial charge in [0.05, 0.1) is 22.9 Å². The van der Waals surface area contributed by atoms with E-state index in [1.54, 1.807) is 11.3 Å². The molecule has 0 saturated carbocycles. The van der Waals surface area contributed by atoms with Crippen LogP contribution < -0.4 is 0 Å². The second-order valence-electron chi connectivity index (χ2n) is 7.37. The molecule has 2 aliphatic heterocycles. The van der Waals surface area contributed by atoms with Crippen molar-refractivity contribution in [3.8, 4) is 0 Å². The molecule has 0 radical (unpaired) electrons. The summed E-state index contributed by atoms with van der Waals surface area (Å²) in [5, 5.41) is 3.40. The van der Waals surface area contributed by atoms with Gasteiger partial charge >= 0.3 is 0 Å². The summed E-state index contributed by atoms with van der Waals surface area (Å²) < 4.78 is 5.84. The smallest absolute Gasteiger partial charge is 0.0897 e. The minimum absolute atomic E-state index is 0.389.